The van der Waals surface area contributed by atoms with Gasteiger partial charge in [0, 0.05) is 0 Å². The molecule has 0 aliphatic carbocycles. The lowest BCUT2D eigenvalue weighted by Crippen LogP contribution is -2.33. The number of carboxylic acid groups (broad SMARTS) is 1. The Morgan fingerprint density at radius 2 is 1.83 bits per heavy atom. The van der Waals surface area contributed by atoms with E-state index in [0.717, 1.165) is 10.3 Å². The lowest BCUT2D eigenvalue weighted by atomic mass is 10.2. The van der Waals surface area contributed by atoms with Crippen LogP contribution in [-0.2, 0) is 16.1 Å². The molecule has 0 atom stereocenters. The van der Waals surface area contributed by atoms with Crippen LogP contribution in [0.25, 0.3) is 0 Å². The summed E-state index contributed by atoms with van der Waals surface area (Å²) in [5.74, 6) is -2.26. The summed E-state index contributed by atoms with van der Waals surface area (Å²) in [6.07, 6.45) is 0. The molecule has 0 spiro atoms. The molecule has 8 heteroatoms. The van der Waals surface area contributed by atoms with Crippen molar-refractivity contribution in [2.75, 3.05) is 13.7 Å². The second kappa shape index (κ2) is 7.82. The van der Waals surface area contributed by atoms with E-state index in [1.165, 1.54) is 19.2 Å². The molecule has 126 valence electrons. The van der Waals surface area contributed by atoms with Crippen molar-refractivity contribution in [3.8, 4) is 5.75 Å². The molecule has 24 heavy (non-hydrogen) atoms. The van der Waals surface area contributed by atoms with Gasteiger partial charge in [-0.2, -0.15) is 0 Å². The van der Waals surface area contributed by atoms with E-state index in [-0.39, 0.29) is 18.1 Å². The fraction of sp³-hybridized carbons (Fsp3) is 0.188. The topological polar surface area (TPSA) is 104 Å². The Morgan fingerprint density at radius 1 is 1.12 bits per heavy atom. The van der Waals surface area contributed by atoms with Crippen molar-refractivity contribution >= 4 is 11.9 Å². The SMILES string of the molecule is COC(=O)c1ccc(OCC(=O)O)c(=O)n1OCc1ccccc1. The third kappa shape index (κ3) is 4.13. The smallest absolute Gasteiger partial charge is 0.358 e. The fourth-order valence-electron chi connectivity index (χ4n) is 1.85. The number of pyridine rings is 1. The molecule has 0 saturated heterocycles. The van der Waals surface area contributed by atoms with Crippen molar-refractivity contribution < 1.29 is 29.0 Å². The van der Waals surface area contributed by atoms with E-state index >= 15 is 0 Å². The predicted octanol–water partition coefficient (Wildman–Crippen LogP) is 0.727. The van der Waals surface area contributed by atoms with Crippen molar-refractivity contribution in [1.29, 1.82) is 0 Å². The van der Waals surface area contributed by atoms with Gasteiger partial charge in [-0.25, -0.2) is 9.59 Å². The van der Waals surface area contributed by atoms with Crippen LogP contribution in [0.2, 0.25) is 0 Å². The number of aliphatic carboxylic acids is 1. The van der Waals surface area contributed by atoms with Gasteiger partial charge in [-0.3, -0.25) is 4.79 Å². The number of ether oxygens (including phenoxy) is 2. The zero-order valence-corrected chi connectivity index (χ0v) is 12.8. The van der Waals surface area contributed by atoms with Crippen LogP contribution in [0.3, 0.4) is 0 Å². The molecule has 1 N–H and O–H groups in total. The van der Waals surface area contributed by atoms with Gasteiger partial charge >= 0.3 is 17.5 Å². The first kappa shape index (κ1) is 17.1. The van der Waals surface area contributed by atoms with E-state index in [0.29, 0.717) is 0 Å². The molecule has 2 rings (SSSR count). The number of methoxy groups -OCH3 is 1. The number of hydrogen-bond donors (Lipinski definition) is 1. The van der Waals surface area contributed by atoms with E-state index in [1.54, 1.807) is 24.3 Å². The molecule has 0 aliphatic heterocycles. The monoisotopic (exact) mass is 333 g/mol. The average molecular weight is 333 g/mol. The highest BCUT2D eigenvalue weighted by molar-refractivity contribution is 5.87. The highest BCUT2D eigenvalue weighted by Gasteiger charge is 2.18. The minimum Gasteiger partial charge on any atom is -0.479 e. The zero-order chi connectivity index (χ0) is 17.5. The molecule has 0 unspecified atom stereocenters. The molecule has 0 aliphatic rings. The fourth-order valence-corrected chi connectivity index (χ4v) is 1.85. The maximum Gasteiger partial charge on any atom is 0.358 e. The molecule has 1 aromatic carbocycles. The maximum absolute atomic E-state index is 12.4. The summed E-state index contributed by atoms with van der Waals surface area (Å²) in [6.45, 7) is -0.668. The average Bonchev–Trinajstić information content (AvgIpc) is 2.59. The van der Waals surface area contributed by atoms with Gasteiger partial charge in [0.1, 0.15) is 6.61 Å². The number of aromatic nitrogens is 1. The Bertz CT molecular complexity index is 783. The van der Waals surface area contributed by atoms with Crippen LogP contribution < -0.4 is 15.1 Å². The Hall–Kier alpha value is -3.29. The molecular weight excluding hydrogens is 318 g/mol. The van der Waals surface area contributed by atoms with E-state index in [2.05, 4.69) is 4.74 Å². The van der Waals surface area contributed by atoms with Crippen LogP contribution >= 0.6 is 0 Å². The number of carbonyl (C=O) groups excluding carboxylic acids is 1. The van der Waals surface area contributed by atoms with Gasteiger partial charge in [0.2, 0.25) is 0 Å². The first-order chi connectivity index (χ1) is 11.5. The third-order valence-corrected chi connectivity index (χ3v) is 2.96. The van der Waals surface area contributed by atoms with Crippen molar-refractivity contribution in [3.05, 3.63) is 64.1 Å². The van der Waals surface area contributed by atoms with E-state index in [1.807, 2.05) is 6.07 Å². The quantitative estimate of drug-likeness (QED) is 0.745. The third-order valence-electron chi connectivity index (χ3n) is 2.96. The second-order valence-corrected chi connectivity index (χ2v) is 4.62. The van der Waals surface area contributed by atoms with Crippen LogP contribution in [0.5, 0.6) is 5.75 Å². The van der Waals surface area contributed by atoms with Crippen LogP contribution in [0.1, 0.15) is 16.1 Å². The summed E-state index contributed by atoms with van der Waals surface area (Å²) in [7, 11) is 1.17. The summed E-state index contributed by atoms with van der Waals surface area (Å²) < 4.78 is 10.2. The number of nitrogens with zero attached hydrogens (tertiary/aromatic N) is 1. The van der Waals surface area contributed by atoms with E-state index in [4.69, 9.17) is 14.7 Å². The van der Waals surface area contributed by atoms with Gasteiger partial charge in [-0.1, -0.05) is 30.3 Å². The van der Waals surface area contributed by atoms with E-state index < -0.39 is 24.1 Å². The van der Waals surface area contributed by atoms with Crippen molar-refractivity contribution in [2.45, 2.75) is 6.61 Å². The first-order valence-corrected chi connectivity index (χ1v) is 6.89. The zero-order valence-electron chi connectivity index (χ0n) is 12.8. The predicted molar refractivity (Wildman–Crippen MR) is 81.9 cm³/mol. The van der Waals surface area contributed by atoms with E-state index in [9.17, 15) is 14.4 Å². The molecule has 0 fully saturated rings. The molecule has 0 bridgehead atoms. The highest BCUT2D eigenvalue weighted by atomic mass is 16.7. The minimum absolute atomic E-state index is 0.0210. The number of carboxylic acids is 1. The molecular formula is C16H15NO7. The normalized spacial score (nSPS) is 10.0. The standard InChI is InChI=1S/C16H15NO7/c1-22-16(21)12-7-8-13(23-10-14(18)19)15(20)17(12)24-9-11-5-3-2-4-6-11/h2-8H,9-10H2,1H3,(H,18,19). The molecule has 0 radical (unpaired) electrons. The number of carbonyl (C=O) groups is 2. The van der Waals surface area contributed by atoms with Crippen LogP contribution in [0.4, 0.5) is 0 Å². The largest absolute Gasteiger partial charge is 0.479 e. The summed E-state index contributed by atoms with van der Waals surface area (Å²) in [4.78, 5) is 40.1. The van der Waals surface area contributed by atoms with Gasteiger partial charge < -0.3 is 19.4 Å². The Kier molecular flexibility index (Phi) is 5.56. The van der Waals surface area contributed by atoms with Crippen LogP contribution in [0, 0.1) is 0 Å². The van der Waals surface area contributed by atoms with Gasteiger partial charge in [0.15, 0.2) is 18.1 Å². The summed E-state index contributed by atoms with van der Waals surface area (Å²) in [5.41, 5.74) is -0.159. The lowest BCUT2D eigenvalue weighted by Gasteiger charge is -2.14. The highest BCUT2D eigenvalue weighted by Crippen LogP contribution is 2.08. The minimum atomic E-state index is -1.23. The maximum atomic E-state index is 12.4. The lowest BCUT2D eigenvalue weighted by molar-refractivity contribution is -0.139. The second-order valence-electron chi connectivity index (χ2n) is 4.62. The molecule has 2 aromatic rings. The Morgan fingerprint density at radius 3 is 2.46 bits per heavy atom. The number of benzene rings is 1. The van der Waals surface area contributed by atoms with Gasteiger partial charge in [-0.15, -0.1) is 4.73 Å². The molecule has 0 saturated carbocycles. The Balaban J connectivity index is 2.32. The Labute approximate surface area is 136 Å². The number of esters is 1. The molecule has 1 aromatic heterocycles. The number of hydrogen-bond acceptors (Lipinski definition) is 6. The molecule has 0 amide bonds. The molecule has 8 nitrogen and oxygen atoms in total. The van der Waals surface area contributed by atoms with Gasteiger partial charge in [0.25, 0.3) is 0 Å². The van der Waals surface area contributed by atoms with Crippen molar-refractivity contribution in [1.82, 2.24) is 4.73 Å². The first-order valence-electron chi connectivity index (χ1n) is 6.89. The number of rotatable bonds is 7. The van der Waals surface area contributed by atoms with Gasteiger partial charge in [-0.05, 0) is 17.7 Å². The van der Waals surface area contributed by atoms with Crippen molar-refractivity contribution in [2.24, 2.45) is 0 Å². The molecule has 1 heterocycles. The summed E-state index contributed by atoms with van der Waals surface area (Å²) in [5, 5.41) is 8.63. The van der Waals surface area contributed by atoms with Crippen LogP contribution in [-0.4, -0.2) is 35.5 Å². The van der Waals surface area contributed by atoms with Crippen LogP contribution in [0.15, 0.2) is 47.3 Å². The van der Waals surface area contributed by atoms with Crippen molar-refractivity contribution in [3.63, 3.8) is 0 Å². The summed E-state index contributed by atoms with van der Waals surface area (Å²) in [6, 6.07) is 11.5. The summed E-state index contributed by atoms with van der Waals surface area (Å²) >= 11 is 0. The van der Waals surface area contributed by atoms with Gasteiger partial charge in [0.05, 0.1) is 7.11 Å².